The maximum absolute atomic E-state index is 13.2. The van der Waals surface area contributed by atoms with Gasteiger partial charge >= 0.3 is 0 Å². The topological polar surface area (TPSA) is 80.7 Å². The Bertz CT molecular complexity index is 1330. The molecule has 176 valence electrons. The van der Waals surface area contributed by atoms with Gasteiger partial charge in [0.2, 0.25) is 0 Å². The lowest BCUT2D eigenvalue weighted by molar-refractivity contribution is 0.0662. The number of ether oxygens (including phenoxy) is 1. The van der Waals surface area contributed by atoms with Crippen molar-refractivity contribution in [2.45, 2.75) is 56.4 Å². The van der Waals surface area contributed by atoms with Crippen LogP contribution in [0.3, 0.4) is 0 Å². The molecule has 0 amide bonds. The van der Waals surface area contributed by atoms with Gasteiger partial charge in [0.05, 0.1) is 17.5 Å². The number of fused-ring (bicyclic) bond motifs is 3. The van der Waals surface area contributed by atoms with Crippen molar-refractivity contribution in [1.29, 1.82) is 0 Å². The van der Waals surface area contributed by atoms with Crippen LogP contribution in [0.1, 0.15) is 42.4 Å². The Morgan fingerprint density at radius 1 is 1.21 bits per heavy atom. The summed E-state index contributed by atoms with van der Waals surface area (Å²) in [5.74, 6) is 1.35. The van der Waals surface area contributed by atoms with E-state index in [4.69, 9.17) is 9.15 Å². The molecule has 0 saturated carbocycles. The first-order valence-corrected chi connectivity index (χ1v) is 12.6. The molecule has 2 saturated heterocycles. The molecule has 3 aromatic heterocycles. The van der Waals surface area contributed by atoms with Gasteiger partial charge in [-0.3, -0.25) is 9.36 Å². The molecule has 4 aromatic rings. The van der Waals surface area contributed by atoms with E-state index >= 15 is 0 Å². The van der Waals surface area contributed by atoms with E-state index in [0.29, 0.717) is 34.5 Å². The molecule has 2 aliphatic rings. The summed E-state index contributed by atoms with van der Waals surface area (Å²) in [5, 5.41) is 10.4. The first kappa shape index (κ1) is 21.6. The fourth-order valence-electron chi connectivity index (χ4n) is 5.35. The third kappa shape index (κ3) is 3.96. The number of furan rings is 1. The van der Waals surface area contributed by atoms with Gasteiger partial charge in [-0.1, -0.05) is 0 Å². The van der Waals surface area contributed by atoms with Gasteiger partial charge in [-0.05, 0) is 75.2 Å². The molecule has 5 heterocycles. The van der Waals surface area contributed by atoms with Gasteiger partial charge in [-0.2, -0.15) is 0 Å². The minimum Gasteiger partial charge on any atom is -0.490 e. The fraction of sp³-hybridized carbons (Fsp3) is 0.385. The summed E-state index contributed by atoms with van der Waals surface area (Å²) in [7, 11) is 2.23. The summed E-state index contributed by atoms with van der Waals surface area (Å²) in [6.07, 6.45) is 7.66. The fourth-order valence-corrected chi connectivity index (χ4v) is 6.43. The van der Waals surface area contributed by atoms with Crippen LogP contribution in [-0.2, 0) is 6.42 Å². The van der Waals surface area contributed by atoms with Crippen molar-refractivity contribution >= 4 is 21.6 Å². The molecule has 2 fully saturated rings. The van der Waals surface area contributed by atoms with Crippen molar-refractivity contribution in [3.63, 3.8) is 0 Å². The van der Waals surface area contributed by atoms with Crippen molar-refractivity contribution in [2.75, 3.05) is 7.05 Å². The number of piperidine rings is 1. The van der Waals surface area contributed by atoms with E-state index in [1.165, 1.54) is 30.4 Å². The number of hydrogen-bond donors (Lipinski definition) is 1. The third-order valence-corrected chi connectivity index (χ3v) is 8.36. The average molecular weight is 478 g/mol. The second-order valence-corrected chi connectivity index (χ2v) is 10.5. The molecule has 0 aliphatic carbocycles. The van der Waals surface area contributed by atoms with Crippen LogP contribution < -0.4 is 10.3 Å². The molecule has 4 atom stereocenters. The Hall–Kier alpha value is -2.94. The smallest absolute Gasteiger partial charge is 0.275 e. The van der Waals surface area contributed by atoms with Crippen LogP contribution in [0.15, 0.2) is 64.3 Å². The Balaban J connectivity index is 1.19. The van der Waals surface area contributed by atoms with E-state index in [9.17, 15) is 9.90 Å². The number of benzene rings is 1. The summed E-state index contributed by atoms with van der Waals surface area (Å²) in [6, 6.07) is 14.3. The zero-order valence-corrected chi connectivity index (χ0v) is 19.8. The van der Waals surface area contributed by atoms with Crippen LogP contribution in [-0.4, -0.2) is 44.8 Å². The third-order valence-electron chi connectivity index (χ3n) is 7.23. The standard InChI is InChI=1S/C26H27N3O4S/c1-28-17-4-5-18(28)12-20(11-17)33-19-8-6-16(7-9-19)29-15-27-22-13-21(34-25(22)26(29)31)14-23(30)24-3-2-10-32-24/h2-3,6-10,13,15,17-18,20,23,30H,4-5,11-12,14H2,1H3/t17-,18+,20+,23?. The van der Waals surface area contributed by atoms with Crippen molar-refractivity contribution in [2.24, 2.45) is 0 Å². The Kier molecular flexibility index (Phi) is 5.51. The number of nitrogens with zero attached hydrogens (tertiary/aromatic N) is 3. The predicted octanol–water partition coefficient (Wildman–Crippen LogP) is 4.32. The number of rotatable bonds is 6. The van der Waals surface area contributed by atoms with Gasteiger partial charge in [-0.15, -0.1) is 11.3 Å². The summed E-state index contributed by atoms with van der Waals surface area (Å²) in [6.45, 7) is 0. The van der Waals surface area contributed by atoms with Gasteiger partial charge in [0.1, 0.15) is 34.7 Å². The predicted molar refractivity (Wildman–Crippen MR) is 131 cm³/mol. The van der Waals surface area contributed by atoms with Crippen molar-refractivity contribution < 1.29 is 14.3 Å². The van der Waals surface area contributed by atoms with Crippen molar-refractivity contribution in [3.05, 3.63) is 76.0 Å². The average Bonchev–Trinajstić information content (AvgIpc) is 3.54. The van der Waals surface area contributed by atoms with Crippen LogP contribution in [0, 0.1) is 0 Å². The number of aliphatic hydroxyl groups excluding tert-OH is 1. The lowest BCUT2D eigenvalue weighted by Crippen LogP contribution is -2.43. The molecular formula is C26H27N3O4S. The van der Waals surface area contributed by atoms with Crippen molar-refractivity contribution in [3.8, 4) is 11.4 Å². The molecule has 1 unspecified atom stereocenters. The maximum Gasteiger partial charge on any atom is 0.275 e. The summed E-state index contributed by atoms with van der Waals surface area (Å²) < 4.78 is 13.7. The Labute approximate surface area is 201 Å². The number of thiophene rings is 1. The van der Waals surface area contributed by atoms with Gasteiger partial charge in [0.15, 0.2) is 0 Å². The molecule has 0 radical (unpaired) electrons. The molecule has 1 aromatic carbocycles. The van der Waals surface area contributed by atoms with Gasteiger partial charge in [0.25, 0.3) is 5.56 Å². The first-order chi connectivity index (χ1) is 16.5. The monoisotopic (exact) mass is 477 g/mol. The van der Waals surface area contributed by atoms with E-state index in [-0.39, 0.29) is 11.7 Å². The zero-order chi connectivity index (χ0) is 23.2. The van der Waals surface area contributed by atoms with Crippen LogP contribution in [0.2, 0.25) is 0 Å². The highest BCUT2D eigenvalue weighted by Gasteiger charge is 2.39. The number of hydrogen-bond acceptors (Lipinski definition) is 7. The quantitative estimate of drug-likeness (QED) is 0.446. The van der Waals surface area contributed by atoms with E-state index in [0.717, 1.165) is 29.2 Å². The van der Waals surface area contributed by atoms with Gasteiger partial charge in [0, 0.05) is 23.4 Å². The molecule has 8 heteroatoms. The molecule has 6 rings (SSSR count). The highest BCUT2D eigenvalue weighted by molar-refractivity contribution is 7.18. The zero-order valence-electron chi connectivity index (χ0n) is 19.0. The Morgan fingerprint density at radius 2 is 1.97 bits per heavy atom. The number of aromatic nitrogens is 2. The van der Waals surface area contributed by atoms with E-state index in [2.05, 4.69) is 16.9 Å². The second kappa shape index (κ2) is 8.69. The van der Waals surface area contributed by atoms with Crippen LogP contribution in [0.5, 0.6) is 5.75 Å². The lowest BCUT2D eigenvalue weighted by Gasteiger charge is -2.36. The Morgan fingerprint density at radius 3 is 2.68 bits per heavy atom. The molecule has 2 bridgehead atoms. The maximum atomic E-state index is 13.2. The SMILES string of the molecule is CN1[C@@H]2CC[C@H]1C[C@@H](Oc1ccc(-n3cnc4cc(CC(O)c5ccco5)sc4c3=O)cc1)C2. The van der Waals surface area contributed by atoms with Crippen LogP contribution >= 0.6 is 11.3 Å². The van der Waals surface area contributed by atoms with Crippen molar-refractivity contribution in [1.82, 2.24) is 14.5 Å². The summed E-state index contributed by atoms with van der Waals surface area (Å²) >= 11 is 1.37. The highest BCUT2D eigenvalue weighted by Crippen LogP contribution is 2.36. The number of aliphatic hydroxyl groups is 1. The first-order valence-electron chi connectivity index (χ1n) is 11.8. The molecule has 7 nitrogen and oxygen atoms in total. The van der Waals surface area contributed by atoms with E-state index in [1.807, 2.05) is 30.3 Å². The minimum absolute atomic E-state index is 0.116. The summed E-state index contributed by atoms with van der Waals surface area (Å²) in [5.41, 5.74) is 1.28. The molecule has 2 aliphatic heterocycles. The normalized spacial score (nSPS) is 23.4. The largest absolute Gasteiger partial charge is 0.490 e. The van der Waals surface area contributed by atoms with E-state index in [1.54, 1.807) is 23.0 Å². The van der Waals surface area contributed by atoms with E-state index < -0.39 is 6.10 Å². The summed E-state index contributed by atoms with van der Waals surface area (Å²) in [4.78, 5) is 21.1. The van der Waals surface area contributed by atoms with Crippen LogP contribution in [0.4, 0.5) is 0 Å². The van der Waals surface area contributed by atoms with Gasteiger partial charge in [-0.25, -0.2) is 4.98 Å². The van der Waals surface area contributed by atoms with Crippen LogP contribution in [0.25, 0.3) is 15.9 Å². The minimum atomic E-state index is -0.752. The highest BCUT2D eigenvalue weighted by atomic mass is 32.1. The molecule has 1 N–H and O–H groups in total. The lowest BCUT2D eigenvalue weighted by atomic mass is 10.0. The molecule has 34 heavy (non-hydrogen) atoms. The second-order valence-electron chi connectivity index (χ2n) is 9.34. The molecular weight excluding hydrogens is 450 g/mol. The molecule has 0 spiro atoms. The van der Waals surface area contributed by atoms with Gasteiger partial charge < -0.3 is 19.2 Å².